The maximum Gasteiger partial charge on any atom is 0.249 e. The first-order valence-corrected chi connectivity index (χ1v) is 8.36. The van der Waals surface area contributed by atoms with E-state index in [-0.39, 0.29) is 24.7 Å². The van der Waals surface area contributed by atoms with Gasteiger partial charge in [0.1, 0.15) is 6.61 Å². The molecule has 2 saturated heterocycles. The van der Waals surface area contributed by atoms with Gasteiger partial charge in [-0.05, 0) is 23.3 Å². The Morgan fingerprint density at radius 2 is 1.75 bits per heavy atom. The molecule has 0 aliphatic carbocycles. The fourth-order valence-corrected chi connectivity index (χ4v) is 3.60. The summed E-state index contributed by atoms with van der Waals surface area (Å²) in [7, 11) is 0. The summed E-state index contributed by atoms with van der Waals surface area (Å²) >= 11 is 0. The number of amides is 1. The van der Waals surface area contributed by atoms with E-state index in [1.54, 1.807) is 0 Å². The highest BCUT2D eigenvalue weighted by atomic mass is 16.5. The van der Waals surface area contributed by atoms with Gasteiger partial charge in [0.05, 0.1) is 12.1 Å². The standard InChI is InChI=1S/C19H21N3O2/c23-19-14-24-18-13-21(10-16-6-8-20-9-7-16)12-17(18)22(19)11-15-4-2-1-3-5-15/h1-9,17-18H,10-14H2/t17-,18+/m1/s1. The lowest BCUT2D eigenvalue weighted by Crippen LogP contribution is -2.53. The van der Waals surface area contributed by atoms with E-state index in [1.807, 2.05) is 47.6 Å². The molecule has 5 nitrogen and oxygen atoms in total. The quantitative estimate of drug-likeness (QED) is 0.859. The van der Waals surface area contributed by atoms with E-state index in [0.29, 0.717) is 6.54 Å². The van der Waals surface area contributed by atoms with E-state index in [0.717, 1.165) is 19.6 Å². The molecule has 0 spiro atoms. The largest absolute Gasteiger partial charge is 0.365 e. The minimum Gasteiger partial charge on any atom is -0.365 e. The van der Waals surface area contributed by atoms with Crippen LogP contribution in [-0.2, 0) is 22.6 Å². The number of fused-ring (bicyclic) bond motifs is 1. The van der Waals surface area contributed by atoms with Crippen LogP contribution in [0.1, 0.15) is 11.1 Å². The van der Waals surface area contributed by atoms with Crippen LogP contribution >= 0.6 is 0 Å². The van der Waals surface area contributed by atoms with Gasteiger partial charge in [-0.15, -0.1) is 0 Å². The molecule has 0 bridgehead atoms. The van der Waals surface area contributed by atoms with Crippen molar-refractivity contribution >= 4 is 5.91 Å². The topological polar surface area (TPSA) is 45.7 Å². The minimum atomic E-state index is 0.0888. The molecule has 124 valence electrons. The van der Waals surface area contributed by atoms with Gasteiger partial charge in [-0.25, -0.2) is 0 Å². The summed E-state index contributed by atoms with van der Waals surface area (Å²) in [5, 5.41) is 0. The third-order valence-electron chi connectivity index (χ3n) is 4.81. The van der Waals surface area contributed by atoms with Gasteiger partial charge in [0, 0.05) is 38.6 Å². The lowest BCUT2D eigenvalue weighted by atomic mass is 10.1. The number of carbonyl (C=O) groups is 1. The molecule has 0 unspecified atom stereocenters. The predicted molar refractivity (Wildman–Crippen MR) is 90.0 cm³/mol. The fraction of sp³-hybridized carbons (Fsp3) is 0.368. The zero-order chi connectivity index (χ0) is 16.4. The Labute approximate surface area is 141 Å². The van der Waals surface area contributed by atoms with E-state index in [2.05, 4.69) is 22.0 Å². The van der Waals surface area contributed by atoms with Crippen molar-refractivity contribution in [1.29, 1.82) is 0 Å². The van der Waals surface area contributed by atoms with Crippen LogP contribution in [0.5, 0.6) is 0 Å². The molecular formula is C19H21N3O2. The van der Waals surface area contributed by atoms with E-state index < -0.39 is 0 Å². The summed E-state index contributed by atoms with van der Waals surface area (Å²) in [5.41, 5.74) is 2.41. The number of ether oxygens (including phenoxy) is 1. The molecule has 5 heteroatoms. The molecule has 2 aliphatic heterocycles. The Bertz CT molecular complexity index is 692. The van der Waals surface area contributed by atoms with Gasteiger partial charge in [-0.1, -0.05) is 30.3 Å². The second kappa shape index (κ2) is 6.71. The average molecular weight is 323 g/mol. The Balaban J connectivity index is 1.47. The van der Waals surface area contributed by atoms with Gasteiger partial charge in [-0.2, -0.15) is 0 Å². The number of carbonyl (C=O) groups excluding carboxylic acids is 1. The number of rotatable bonds is 4. The third kappa shape index (κ3) is 3.18. The normalized spacial score (nSPS) is 24.2. The van der Waals surface area contributed by atoms with Gasteiger partial charge in [-0.3, -0.25) is 14.7 Å². The summed E-state index contributed by atoms with van der Waals surface area (Å²) < 4.78 is 5.80. The third-order valence-corrected chi connectivity index (χ3v) is 4.81. The summed E-state index contributed by atoms with van der Waals surface area (Å²) in [6.45, 7) is 3.44. The van der Waals surface area contributed by atoms with Crippen LogP contribution in [0, 0.1) is 0 Å². The highest BCUT2D eigenvalue weighted by Gasteiger charge is 2.42. The van der Waals surface area contributed by atoms with Crippen molar-refractivity contribution < 1.29 is 9.53 Å². The molecule has 2 aromatic rings. The van der Waals surface area contributed by atoms with Crippen LogP contribution in [0.25, 0.3) is 0 Å². The Morgan fingerprint density at radius 1 is 1.00 bits per heavy atom. The van der Waals surface area contributed by atoms with Gasteiger partial charge in [0.15, 0.2) is 0 Å². The second-order valence-electron chi connectivity index (χ2n) is 6.47. The fourth-order valence-electron chi connectivity index (χ4n) is 3.60. The average Bonchev–Trinajstić information content (AvgIpc) is 3.02. The number of pyridine rings is 1. The van der Waals surface area contributed by atoms with E-state index in [4.69, 9.17) is 4.74 Å². The number of hydrogen-bond donors (Lipinski definition) is 0. The lowest BCUT2D eigenvalue weighted by Gasteiger charge is -2.36. The summed E-state index contributed by atoms with van der Waals surface area (Å²) in [5.74, 6) is 0.0888. The predicted octanol–water partition coefficient (Wildman–Crippen LogP) is 1.69. The number of benzene rings is 1. The number of hydrogen-bond acceptors (Lipinski definition) is 4. The summed E-state index contributed by atoms with van der Waals surface area (Å²) in [4.78, 5) is 20.8. The number of likely N-dealkylation sites (tertiary alicyclic amines) is 1. The highest BCUT2D eigenvalue weighted by molar-refractivity contribution is 5.78. The van der Waals surface area contributed by atoms with Crippen molar-refractivity contribution in [3.05, 3.63) is 66.0 Å². The second-order valence-corrected chi connectivity index (χ2v) is 6.47. The van der Waals surface area contributed by atoms with Gasteiger partial charge in [0.25, 0.3) is 0 Å². The molecule has 1 aromatic heterocycles. The van der Waals surface area contributed by atoms with E-state index in [1.165, 1.54) is 11.1 Å². The molecule has 1 aromatic carbocycles. The summed E-state index contributed by atoms with van der Waals surface area (Å²) in [6.07, 6.45) is 3.74. The smallest absolute Gasteiger partial charge is 0.249 e. The van der Waals surface area contributed by atoms with Crippen molar-refractivity contribution in [2.75, 3.05) is 19.7 Å². The lowest BCUT2D eigenvalue weighted by molar-refractivity contribution is -0.153. The first-order valence-electron chi connectivity index (χ1n) is 8.36. The van der Waals surface area contributed by atoms with Crippen LogP contribution in [0.2, 0.25) is 0 Å². The van der Waals surface area contributed by atoms with Crippen molar-refractivity contribution in [2.45, 2.75) is 25.2 Å². The van der Waals surface area contributed by atoms with Crippen molar-refractivity contribution in [3.8, 4) is 0 Å². The summed E-state index contributed by atoms with van der Waals surface area (Å²) in [6, 6.07) is 14.4. The SMILES string of the molecule is O=C1CO[C@H]2CN(Cc3ccncc3)C[C@H]2N1Cc1ccccc1. The van der Waals surface area contributed by atoms with Crippen molar-refractivity contribution in [3.63, 3.8) is 0 Å². The number of nitrogens with zero attached hydrogens (tertiary/aromatic N) is 3. The maximum atomic E-state index is 12.4. The molecule has 0 radical (unpaired) electrons. The van der Waals surface area contributed by atoms with Crippen LogP contribution in [0.15, 0.2) is 54.9 Å². The highest BCUT2D eigenvalue weighted by Crippen LogP contribution is 2.26. The number of aromatic nitrogens is 1. The zero-order valence-electron chi connectivity index (χ0n) is 13.5. The molecule has 0 saturated carbocycles. The molecular weight excluding hydrogens is 302 g/mol. The Kier molecular flexibility index (Phi) is 4.28. The first-order chi connectivity index (χ1) is 11.8. The first kappa shape index (κ1) is 15.3. The van der Waals surface area contributed by atoms with Crippen LogP contribution < -0.4 is 0 Å². The monoisotopic (exact) mass is 323 g/mol. The zero-order valence-corrected chi connectivity index (χ0v) is 13.5. The molecule has 24 heavy (non-hydrogen) atoms. The molecule has 2 aliphatic rings. The van der Waals surface area contributed by atoms with Gasteiger partial charge >= 0.3 is 0 Å². The van der Waals surface area contributed by atoms with Gasteiger partial charge < -0.3 is 9.64 Å². The van der Waals surface area contributed by atoms with E-state index >= 15 is 0 Å². The minimum absolute atomic E-state index is 0.0888. The van der Waals surface area contributed by atoms with Gasteiger partial charge in [0.2, 0.25) is 5.91 Å². The molecule has 2 atom stereocenters. The Hall–Kier alpha value is -2.24. The molecule has 2 fully saturated rings. The number of morpholine rings is 1. The molecule has 3 heterocycles. The molecule has 0 N–H and O–H groups in total. The van der Waals surface area contributed by atoms with Crippen molar-refractivity contribution in [1.82, 2.24) is 14.8 Å². The molecule has 4 rings (SSSR count). The van der Waals surface area contributed by atoms with Crippen molar-refractivity contribution in [2.24, 2.45) is 0 Å². The van der Waals surface area contributed by atoms with Crippen LogP contribution in [-0.4, -0.2) is 52.5 Å². The van der Waals surface area contributed by atoms with E-state index in [9.17, 15) is 4.79 Å². The van der Waals surface area contributed by atoms with Crippen LogP contribution in [0.4, 0.5) is 0 Å². The molecule has 1 amide bonds. The maximum absolute atomic E-state index is 12.4. The Morgan fingerprint density at radius 3 is 2.54 bits per heavy atom. The van der Waals surface area contributed by atoms with Crippen LogP contribution in [0.3, 0.4) is 0 Å².